The molecule has 9 nitrogen and oxygen atoms in total. The standard InChI is InChI=1S/C21H41N5O4/c1-17(2)14-18(24-12-11-22-3)15-23-16-19(27)25-10-6-4-5-7-13-30-26-20(28)8-9-21(26)29/h8-9,17-18,22-24,28-29H,4-7,10-16H2,1-3H3,(H,25,27). The third-order valence-corrected chi connectivity index (χ3v) is 4.65. The molecule has 1 atom stereocenters. The highest BCUT2D eigenvalue weighted by molar-refractivity contribution is 5.77. The molecule has 1 rings (SSSR count). The van der Waals surface area contributed by atoms with Crippen LogP contribution in [0.1, 0.15) is 46.0 Å². The first-order valence-electron chi connectivity index (χ1n) is 11.0. The number of aromatic nitrogens is 1. The Balaban J connectivity index is 2.01. The minimum absolute atomic E-state index is 0.0235. The van der Waals surface area contributed by atoms with Crippen molar-refractivity contribution < 1.29 is 19.8 Å². The number of nitrogens with zero attached hydrogens (tertiary/aromatic N) is 1. The normalized spacial score (nSPS) is 12.3. The summed E-state index contributed by atoms with van der Waals surface area (Å²) in [4.78, 5) is 17.3. The first kappa shape index (κ1) is 26.1. The van der Waals surface area contributed by atoms with Crippen molar-refractivity contribution in [2.24, 2.45) is 5.92 Å². The topological polar surface area (TPSA) is 120 Å². The van der Waals surface area contributed by atoms with Crippen LogP contribution in [0.15, 0.2) is 12.1 Å². The average Bonchev–Trinajstić information content (AvgIpc) is 3.01. The quantitative estimate of drug-likeness (QED) is 0.192. The molecule has 1 unspecified atom stereocenters. The van der Waals surface area contributed by atoms with Crippen molar-refractivity contribution in [3.05, 3.63) is 12.1 Å². The van der Waals surface area contributed by atoms with Gasteiger partial charge in [-0.2, -0.15) is 0 Å². The molecule has 1 amide bonds. The Morgan fingerprint density at radius 1 is 1.07 bits per heavy atom. The van der Waals surface area contributed by atoms with E-state index >= 15 is 0 Å². The monoisotopic (exact) mass is 427 g/mol. The molecule has 0 saturated heterocycles. The predicted octanol–water partition coefficient (Wildman–Crippen LogP) is 0.818. The summed E-state index contributed by atoms with van der Waals surface area (Å²) in [6, 6.07) is 3.11. The number of amides is 1. The highest BCUT2D eigenvalue weighted by Crippen LogP contribution is 2.18. The number of carbonyl (C=O) groups excluding carboxylic acids is 1. The molecule has 174 valence electrons. The molecule has 1 aromatic rings. The lowest BCUT2D eigenvalue weighted by molar-refractivity contribution is -0.120. The van der Waals surface area contributed by atoms with Gasteiger partial charge in [0.15, 0.2) is 0 Å². The molecule has 1 aromatic heterocycles. The first-order chi connectivity index (χ1) is 14.4. The number of nitrogens with one attached hydrogen (secondary N) is 4. The van der Waals surface area contributed by atoms with E-state index < -0.39 is 0 Å². The van der Waals surface area contributed by atoms with Gasteiger partial charge in [-0.25, -0.2) is 0 Å². The summed E-state index contributed by atoms with van der Waals surface area (Å²) in [5.74, 6) is 0.398. The number of unbranched alkanes of at least 4 members (excludes halogenated alkanes) is 3. The van der Waals surface area contributed by atoms with E-state index in [2.05, 4.69) is 35.1 Å². The van der Waals surface area contributed by atoms with Gasteiger partial charge >= 0.3 is 0 Å². The second kappa shape index (κ2) is 15.8. The van der Waals surface area contributed by atoms with Crippen LogP contribution < -0.4 is 26.1 Å². The smallest absolute Gasteiger partial charge is 0.233 e. The molecule has 0 aliphatic rings. The van der Waals surface area contributed by atoms with Gasteiger partial charge in [-0.15, -0.1) is 4.73 Å². The van der Waals surface area contributed by atoms with Crippen LogP contribution in [0.2, 0.25) is 0 Å². The van der Waals surface area contributed by atoms with Gasteiger partial charge in [-0.1, -0.05) is 20.3 Å². The molecule has 0 fully saturated rings. The van der Waals surface area contributed by atoms with E-state index in [0.717, 1.165) is 56.5 Å². The summed E-state index contributed by atoms with van der Waals surface area (Å²) in [6.07, 6.45) is 4.72. The van der Waals surface area contributed by atoms with Crippen LogP contribution in [0.25, 0.3) is 0 Å². The maximum atomic E-state index is 12.0. The SMILES string of the molecule is CNCCNC(CNCC(=O)NCCCCCCOn1c(O)ccc1O)CC(C)C. The second-order valence-corrected chi connectivity index (χ2v) is 7.96. The summed E-state index contributed by atoms with van der Waals surface area (Å²) in [5.41, 5.74) is 0. The molecule has 0 aliphatic carbocycles. The molecule has 0 radical (unpaired) electrons. The molecule has 0 aliphatic heterocycles. The number of aromatic hydroxyl groups is 2. The Kier molecular flexibility index (Phi) is 13.7. The van der Waals surface area contributed by atoms with Crippen LogP contribution in [0.5, 0.6) is 11.8 Å². The van der Waals surface area contributed by atoms with Gasteiger partial charge in [-0.3, -0.25) is 4.79 Å². The lowest BCUT2D eigenvalue weighted by Gasteiger charge is -2.21. The van der Waals surface area contributed by atoms with Gasteiger partial charge in [0, 0.05) is 44.4 Å². The largest absolute Gasteiger partial charge is 0.492 e. The molecule has 0 saturated carbocycles. The Labute approximate surface area is 180 Å². The van der Waals surface area contributed by atoms with E-state index in [1.807, 2.05) is 7.05 Å². The van der Waals surface area contributed by atoms with Crippen LogP contribution in [0, 0.1) is 5.92 Å². The van der Waals surface area contributed by atoms with Gasteiger partial charge in [0.05, 0.1) is 6.54 Å². The lowest BCUT2D eigenvalue weighted by atomic mass is 10.0. The molecule has 30 heavy (non-hydrogen) atoms. The third kappa shape index (κ3) is 11.9. The van der Waals surface area contributed by atoms with Crippen LogP contribution in [-0.4, -0.2) is 73.3 Å². The van der Waals surface area contributed by atoms with E-state index in [0.29, 0.717) is 31.7 Å². The average molecular weight is 428 g/mol. The minimum atomic E-state index is -0.118. The van der Waals surface area contributed by atoms with Crippen LogP contribution in [0.4, 0.5) is 0 Å². The number of hydrogen-bond acceptors (Lipinski definition) is 7. The molecule has 1 heterocycles. The Hall–Kier alpha value is -1.97. The van der Waals surface area contributed by atoms with Gasteiger partial charge in [-0.05, 0) is 38.6 Å². The van der Waals surface area contributed by atoms with E-state index in [1.165, 1.54) is 12.1 Å². The van der Waals surface area contributed by atoms with Crippen molar-refractivity contribution in [1.82, 2.24) is 26.0 Å². The van der Waals surface area contributed by atoms with E-state index in [9.17, 15) is 15.0 Å². The molecule has 6 N–H and O–H groups in total. The van der Waals surface area contributed by atoms with Crippen molar-refractivity contribution in [1.29, 1.82) is 0 Å². The van der Waals surface area contributed by atoms with Crippen molar-refractivity contribution in [3.63, 3.8) is 0 Å². The van der Waals surface area contributed by atoms with E-state index in [-0.39, 0.29) is 17.7 Å². The van der Waals surface area contributed by atoms with Crippen LogP contribution in [0.3, 0.4) is 0 Å². The summed E-state index contributed by atoms with van der Waals surface area (Å²) in [6.45, 7) is 8.45. The highest BCUT2D eigenvalue weighted by atomic mass is 16.7. The Morgan fingerprint density at radius 2 is 1.77 bits per heavy atom. The molecule has 0 spiro atoms. The lowest BCUT2D eigenvalue weighted by Crippen LogP contribution is -2.44. The van der Waals surface area contributed by atoms with Crippen molar-refractivity contribution in [2.75, 3.05) is 46.4 Å². The predicted molar refractivity (Wildman–Crippen MR) is 119 cm³/mol. The molecule has 0 aromatic carbocycles. The molecule has 9 heteroatoms. The second-order valence-electron chi connectivity index (χ2n) is 7.96. The maximum Gasteiger partial charge on any atom is 0.233 e. The molecule has 0 bridgehead atoms. The van der Waals surface area contributed by atoms with E-state index in [4.69, 9.17) is 4.84 Å². The van der Waals surface area contributed by atoms with E-state index in [1.54, 1.807) is 0 Å². The zero-order valence-electron chi connectivity index (χ0n) is 18.7. The van der Waals surface area contributed by atoms with Gasteiger partial charge < -0.3 is 36.3 Å². The van der Waals surface area contributed by atoms with Gasteiger partial charge in [0.25, 0.3) is 0 Å². The summed E-state index contributed by atoms with van der Waals surface area (Å²) < 4.78 is 1.01. The summed E-state index contributed by atoms with van der Waals surface area (Å²) in [5, 5.41) is 31.8. The fourth-order valence-corrected chi connectivity index (χ4v) is 3.13. The molecular weight excluding hydrogens is 386 g/mol. The van der Waals surface area contributed by atoms with Crippen molar-refractivity contribution in [2.45, 2.75) is 52.0 Å². The van der Waals surface area contributed by atoms with Crippen LogP contribution >= 0.6 is 0 Å². The fourth-order valence-electron chi connectivity index (χ4n) is 3.13. The number of likely N-dealkylation sites (N-methyl/N-ethyl adjacent to an activating group) is 1. The number of hydrogen-bond donors (Lipinski definition) is 6. The molecular formula is C21H41N5O4. The fraction of sp³-hybridized carbons (Fsp3) is 0.762. The highest BCUT2D eigenvalue weighted by Gasteiger charge is 2.11. The maximum absolute atomic E-state index is 12.0. The van der Waals surface area contributed by atoms with Gasteiger partial charge in [0.1, 0.15) is 6.61 Å². The number of rotatable bonds is 18. The van der Waals surface area contributed by atoms with Gasteiger partial charge in [0.2, 0.25) is 17.7 Å². The third-order valence-electron chi connectivity index (χ3n) is 4.65. The van der Waals surface area contributed by atoms with Crippen molar-refractivity contribution in [3.8, 4) is 11.8 Å². The Morgan fingerprint density at radius 3 is 2.43 bits per heavy atom. The van der Waals surface area contributed by atoms with Crippen molar-refractivity contribution >= 4 is 5.91 Å². The first-order valence-corrected chi connectivity index (χ1v) is 11.0. The van der Waals surface area contributed by atoms with Crippen LogP contribution in [-0.2, 0) is 4.79 Å². The minimum Gasteiger partial charge on any atom is -0.492 e. The zero-order chi connectivity index (χ0) is 22.2. The zero-order valence-corrected chi connectivity index (χ0v) is 18.7. The summed E-state index contributed by atoms with van der Waals surface area (Å²) >= 11 is 0. The number of carbonyl (C=O) groups is 1. The Bertz CT molecular complexity index is 560. The summed E-state index contributed by atoms with van der Waals surface area (Å²) in [7, 11) is 1.94.